The second-order valence-corrected chi connectivity index (χ2v) is 6.21. The Balaban J connectivity index is 2.03. The number of aromatic nitrogens is 1. The van der Waals surface area contributed by atoms with Crippen molar-refractivity contribution in [2.24, 2.45) is 16.7 Å². The van der Waals surface area contributed by atoms with Crippen LogP contribution in [0.4, 0.5) is 4.39 Å². The highest BCUT2D eigenvalue weighted by Crippen LogP contribution is 2.19. The summed E-state index contributed by atoms with van der Waals surface area (Å²) in [5.74, 6) is 5.71. The van der Waals surface area contributed by atoms with Gasteiger partial charge in [0.2, 0.25) is 0 Å². The first kappa shape index (κ1) is 19.1. The summed E-state index contributed by atoms with van der Waals surface area (Å²) in [5.41, 5.74) is 8.34. The Kier molecular flexibility index (Phi) is 7.14. The number of aliphatic hydroxyl groups is 1. The Morgan fingerprint density at radius 3 is 2.84 bits per heavy atom. The van der Waals surface area contributed by atoms with Crippen LogP contribution in [-0.4, -0.2) is 34.2 Å². The Bertz CT molecular complexity index is 725. The first-order valence-corrected chi connectivity index (χ1v) is 8.39. The number of nitrogens with one attached hydrogen (secondary N) is 1. The first-order chi connectivity index (χ1) is 12.0. The van der Waals surface area contributed by atoms with Crippen molar-refractivity contribution < 1.29 is 9.50 Å². The minimum Gasteiger partial charge on any atom is -0.395 e. The van der Waals surface area contributed by atoms with Gasteiger partial charge in [0, 0.05) is 17.0 Å². The molecule has 2 rings (SSSR count). The van der Waals surface area contributed by atoms with Crippen LogP contribution in [0.25, 0.3) is 0 Å². The van der Waals surface area contributed by atoms with Crippen LogP contribution >= 0.6 is 11.9 Å². The van der Waals surface area contributed by atoms with Crippen molar-refractivity contribution in [2.75, 3.05) is 13.2 Å². The van der Waals surface area contributed by atoms with Crippen molar-refractivity contribution in [2.45, 2.75) is 18.4 Å². The molecule has 0 radical (unpaired) electrons. The number of nitrogens with two attached hydrogens (primary N) is 2. The zero-order valence-electron chi connectivity index (χ0n) is 13.8. The highest BCUT2D eigenvalue weighted by Gasteiger charge is 2.07. The monoisotopic (exact) mass is 364 g/mol. The summed E-state index contributed by atoms with van der Waals surface area (Å²) in [6.45, 7) is 2.72. The number of hydrazine groups is 1. The van der Waals surface area contributed by atoms with Gasteiger partial charge in [0.25, 0.3) is 0 Å². The summed E-state index contributed by atoms with van der Waals surface area (Å²) in [5, 5.41) is 14.1. The van der Waals surface area contributed by atoms with Crippen LogP contribution < -0.4 is 16.3 Å². The number of amidine groups is 1. The smallest absolute Gasteiger partial charge is 0.152 e. The predicted octanol–water partition coefficient (Wildman–Crippen LogP) is 1.11. The normalized spacial score (nSPS) is 11.6. The molecule has 0 saturated heterocycles. The Hall–Kier alpha value is -2.20. The molecule has 9 heteroatoms. The fourth-order valence-electron chi connectivity index (χ4n) is 2.06. The summed E-state index contributed by atoms with van der Waals surface area (Å²) in [6.07, 6.45) is 1.13. The molecule has 134 valence electrons. The van der Waals surface area contributed by atoms with Gasteiger partial charge in [0.1, 0.15) is 5.82 Å². The molecule has 0 aliphatic heterocycles. The minimum absolute atomic E-state index is 0.0823. The number of hydrogen-bond acceptors (Lipinski definition) is 7. The third kappa shape index (κ3) is 5.98. The van der Waals surface area contributed by atoms with Gasteiger partial charge >= 0.3 is 0 Å². The number of aliphatic hydroxyl groups excluding tert-OH is 1. The molecule has 0 amide bonds. The summed E-state index contributed by atoms with van der Waals surface area (Å²) < 4.78 is 15.9. The van der Waals surface area contributed by atoms with E-state index in [9.17, 15) is 4.39 Å². The van der Waals surface area contributed by atoms with E-state index in [1.807, 2.05) is 25.1 Å². The molecular weight excluding hydrogens is 343 g/mol. The average Bonchev–Trinajstić information content (AvgIpc) is 2.57. The van der Waals surface area contributed by atoms with Gasteiger partial charge in [-0.1, -0.05) is 0 Å². The molecule has 0 aliphatic carbocycles. The number of nitrogens with zero attached hydrogens (tertiary/aromatic N) is 3. The maximum absolute atomic E-state index is 12.9. The molecule has 1 aromatic carbocycles. The van der Waals surface area contributed by atoms with Crippen molar-refractivity contribution in [1.29, 1.82) is 0 Å². The van der Waals surface area contributed by atoms with E-state index in [1.54, 1.807) is 0 Å². The molecular formula is C16H21FN6OS. The van der Waals surface area contributed by atoms with E-state index in [-0.39, 0.29) is 19.0 Å². The molecule has 0 unspecified atom stereocenters. The van der Waals surface area contributed by atoms with Gasteiger partial charge in [-0.2, -0.15) is 0 Å². The van der Waals surface area contributed by atoms with Gasteiger partial charge in [-0.25, -0.2) is 15.4 Å². The lowest BCUT2D eigenvalue weighted by molar-refractivity contribution is 0.286. The molecule has 25 heavy (non-hydrogen) atoms. The van der Waals surface area contributed by atoms with E-state index in [0.29, 0.717) is 12.2 Å². The molecule has 0 spiro atoms. The van der Waals surface area contributed by atoms with Crippen molar-refractivity contribution >= 4 is 17.8 Å². The van der Waals surface area contributed by atoms with Gasteiger partial charge < -0.3 is 10.8 Å². The zero-order chi connectivity index (χ0) is 18.2. The lowest BCUT2D eigenvalue weighted by Crippen LogP contribution is -2.29. The first-order valence-electron chi connectivity index (χ1n) is 7.58. The average molecular weight is 364 g/mol. The van der Waals surface area contributed by atoms with Crippen molar-refractivity contribution in [3.63, 3.8) is 0 Å². The molecule has 0 aliphatic rings. The molecule has 0 saturated carbocycles. The fraction of sp³-hybridized carbons (Fsp3) is 0.250. The van der Waals surface area contributed by atoms with Crippen LogP contribution in [0.15, 0.2) is 46.5 Å². The number of hydrazone groups is 1. The van der Waals surface area contributed by atoms with E-state index in [2.05, 4.69) is 14.8 Å². The second kappa shape index (κ2) is 9.33. The summed E-state index contributed by atoms with van der Waals surface area (Å²) in [7, 11) is 0. The maximum atomic E-state index is 12.9. The van der Waals surface area contributed by atoms with Crippen LogP contribution in [0.2, 0.25) is 0 Å². The van der Waals surface area contributed by atoms with E-state index in [1.165, 1.54) is 29.2 Å². The van der Waals surface area contributed by atoms with Gasteiger partial charge in [0.15, 0.2) is 5.84 Å². The Labute approximate surface area is 150 Å². The van der Waals surface area contributed by atoms with Crippen molar-refractivity contribution in [3.05, 3.63) is 59.2 Å². The Morgan fingerprint density at radius 1 is 1.40 bits per heavy atom. The van der Waals surface area contributed by atoms with Gasteiger partial charge in [-0.05, 0) is 54.8 Å². The van der Waals surface area contributed by atoms with Crippen molar-refractivity contribution in [1.82, 2.24) is 14.8 Å². The third-order valence-electron chi connectivity index (χ3n) is 3.23. The SMILES string of the molecule is Cc1cc(SNCCO)ccc1/C(N)=N/N(N)Cc1ccc(F)cn1. The Morgan fingerprint density at radius 2 is 2.20 bits per heavy atom. The number of rotatable bonds is 8. The largest absolute Gasteiger partial charge is 0.395 e. The number of aryl methyl sites for hydroxylation is 1. The molecule has 0 bridgehead atoms. The summed E-state index contributed by atoms with van der Waals surface area (Å²) >= 11 is 1.43. The standard InChI is InChI=1S/C16H21FN6OS/c1-11-8-14(25-21-6-7-24)4-5-15(11)16(18)22-23(19)10-13-3-2-12(17)9-20-13/h2-5,8-9,21,24H,6-7,10,19H2,1H3,(H2,18,22). The fourth-order valence-corrected chi connectivity index (χ4v) is 2.79. The van der Waals surface area contributed by atoms with Crippen LogP contribution in [0.5, 0.6) is 0 Å². The van der Waals surface area contributed by atoms with Gasteiger partial charge in [-0.15, -0.1) is 5.10 Å². The topological polar surface area (TPSA) is 113 Å². The van der Waals surface area contributed by atoms with E-state index in [0.717, 1.165) is 22.2 Å². The maximum Gasteiger partial charge on any atom is 0.152 e. The molecule has 1 heterocycles. The van der Waals surface area contributed by atoms with E-state index >= 15 is 0 Å². The van der Waals surface area contributed by atoms with Crippen LogP contribution in [0.3, 0.4) is 0 Å². The van der Waals surface area contributed by atoms with Gasteiger partial charge in [-0.3, -0.25) is 9.71 Å². The van der Waals surface area contributed by atoms with Crippen LogP contribution in [-0.2, 0) is 6.54 Å². The summed E-state index contributed by atoms with van der Waals surface area (Å²) in [6, 6.07) is 8.59. The quantitative estimate of drug-likeness (QED) is 0.139. The molecule has 6 N–H and O–H groups in total. The number of hydrogen-bond donors (Lipinski definition) is 4. The van der Waals surface area contributed by atoms with E-state index < -0.39 is 5.82 Å². The molecule has 1 aromatic heterocycles. The molecule has 2 aromatic rings. The van der Waals surface area contributed by atoms with Crippen LogP contribution in [0, 0.1) is 12.7 Å². The van der Waals surface area contributed by atoms with Gasteiger partial charge in [0.05, 0.1) is 25.0 Å². The second-order valence-electron chi connectivity index (χ2n) is 5.25. The number of halogens is 1. The van der Waals surface area contributed by atoms with E-state index in [4.69, 9.17) is 16.7 Å². The summed E-state index contributed by atoms with van der Waals surface area (Å²) in [4.78, 5) is 4.93. The third-order valence-corrected chi connectivity index (χ3v) is 4.06. The number of benzene rings is 1. The highest BCUT2D eigenvalue weighted by molar-refractivity contribution is 7.97. The molecule has 7 nitrogen and oxygen atoms in total. The van der Waals surface area contributed by atoms with Crippen molar-refractivity contribution in [3.8, 4) is 0 Å². The molecule has 0 fully saturated rings. The highest BCUT2D eigenvalue weighted by atomic mass is 32.2. The number of pyridine rings is 1. The lowest BCUT2D eigenvalue weighted by Gasteiger charge is -2.14. The lowest BCUT2D eigenvalue weighted by atomic mass is 10.1. The minimum atomic E-state index is -0.405. The zero-order valence-corrected chi connectivity index (χ0v) is 14.6. The predicted molar refractivity (Wildman–Crippen MR) is 96.8 cm³/mol. The molecule has 0 atom stereocenters. The van der Waals surface area contributed by atoms with Crippen LogP contribution in [0.1, 0.15) is 16.8 Å².